The van der Waals surface area contributed by atoms with Gasteiger partial charge in [-0.2, -0.15) is 0 Å². The Labute approximate surface area is 183 Å². The molecule has 1 aliphatic rings. The van der Waals surface area contributed by atoms with Gasteiger partial charge in [0.15, 0.2) is 4.34 Å². The van der Waals surface area contributed by atoms with Crippen LogP contribution in [0.4, 0.5) is 5.13 Å². The number of fused-ring (bicyclic) bond motifs is 1. The third kappa shape index (κ3) is 3.57. The van der Waals surface area contributed by atoms with Crippen molar-refractivity contribution in [3.8, 4) is 11.3 Å². The number of thioether (sulfide) groups is 1. The van der Waals surface area contributed by atoms with Gasteiger partial charge in [0.25, 0.3) is 5.56 Å². The minimum absolute atomic E-state index is 0.0141. The van der Waals surface area contributed by atoms with Crippen molar-refractivity contribution >= 4 is 55.7 Å². The number of amides is 1. The molecule has 0 radical (unpaired) electrons. The molecule has 0 saturated heterocycles. The largest absolute Gasteiger partial charge is 0.464 e. The molecule has 4 aromatic heterocycles. The molecule has 4 aromatic rings. The lowest BCUT2D eigenvalue weighted by atomic mass is 10.2. The van der Waals surface area contributed by atoms with Crippen LogP contribution in [0, 0.1) is 0 Å². The smallest absolute Gasteiger partial charge is 0.260 e. The fourth-order valence-corrected chi connectivity index (χ4v) is 6.30. The summed E-state index contributed by atoms with van der Waals surface area (Å²) < 4.78 is 6.17. The molecule has 0 aromatic carbocycles. The molecule has 1 atom stereocenters. The third-order valence-corrected chi connectivity index (χ3v) is 7.75. The molecule has 4 heterocycles. The van der Waals surface area contributed by atoms with Gasteiger partial charge in [-0.05, 0) is 31.9 Å². The van der Waals surface area contributed by atoms with Crippen LogP contribution in [0.2, 0.25) is 0 Å². The van der Waals surface area contributed by atoms with Gasteiger partial charge in [0.1, 0.15) is 16.4 Å². The van der Waals surface area contributed by atoms with Gasteiger partial charge in [0.05, 0.1) is 16.9 Å². The Morgan fingerprint density at radius 1 is 1.40 bits per heavy atom. The zero-order chi connectivity index (χ0) is 20.8. The van der Waals surface area contributed by atoms with Crippen LogP contribution in [0.25, 0.3) is 21.5 Å². The van der Waals surface area contributed by atoms with Crippen molar-refractivity contribution in [2.45, 2.75) is 42.3 Å². The second-order valence-corrected chi connectivity index (χ2v) is 10.4. The van der Waals surface area contributed by atoms with E-state index in [0.29, 0.717) is 26.9 Å². The Balaban J connectivity index is 1.40. The number of aromatic nitrogens is 4. The van der Waals surface area contributed by atoms with Crippen molar-refractivity contribution in [1.29, 1.82) is 0 Å². The molecule has 1 aliphatic carbocycles. The van der Waals surface area contributed by atoms with E-state index in [-0.39, 0.29) is 22.8 Å². The summed E-state index contributed by atoms with van der Waals surface area (Å²) >= 11 is 4.26. The van der Waals surface area contributed by atoms with Crippen LogP contribution >= 0.6 is 34.4 Å². The van der Waals surface area contributed by atoms with E-state index in [0.717, 1.165) is 22.7 Å². The Hall–Kier alpha value is -2.50. The number of rotatable bonds is 6. The van der Waals surface area contributed by atoms with Gasteiger partial charge >= 0.3 is 0 Å². The molecule has 0 bridgehead atoms. The Morgan fingerprint density at radius 3 is 2.93 bits per heavy atom. The molecule has 1 saturated carbocycles. The highest BCUT2D eigenvalue weighted by molar-refractivity contribution is 8.01. The fraction of sp³-hybridized carbons (Fsp3) is 0.316. The maximum atomic E-state index is 12.8. The summed E-state index contributed by atoms with van der Waals surface area (Å²) in [7, 11) is 0. The monoisotopic (exact) mass is 459 g/mol. The van der Waals surface area contributed by atoms with Crippen LogP contribution in [-0.4, -0.2) is 32.1 Å². The first-order chi connectivity index (χ1) is 14.5. The predicted molar refractivity (Wildman–Crippen MR) is 118 cm³/mol. The topological polar surface area (TPSA) is 105 Å². The molecule has 11 heteroatoms. The van der Waals surface area contributed by atoms with Crippen molar-refractivity contribution in [2.24, 2.45) is 0 Å². The van der Waals surface area contributed by atoms with Gasteiger partial charge in [0.2, 0.25) is 11.0 Å². The van der Waals surface area contributed by atoms with E-state index in [1.165, 1.54) is 34.4 Å². The highest BCUT2D eigenvalue weighted by atomic mass is 32.2. The number of carbonyl (C=O) groups excluding carboxylic acids is 1. The van der Waals surface area contributed by atoms with E-state index in [9.17, 15) is 9.59 Å². The maximum Gasteiger partial charge on any atom is 0.260 e. The number of nitrogens with one attached hydrogen (secondary N) is 1. The molecular weight excluding hydrogens is 442 g/mol. The van der Waals surface area contributed by atoms with Crippen LogP contribution in [-0.2, 0) is 4.79 Å². The Morgan fingerprint density at radius 2 is 2.23 bits per heavy atom. The summed E-state index contributed by atoms with van der Waals surface area (Å²) in [5.41, 5.74) is 0.559. The lowest BCUT2D eigenvalue weighted by molar-refractivity contribution is -0.116. The summed E-state index contributed by atoms with van der Waals surface area (Å²) in [4.78, 5) is 34.7. The van der Waals surface area contributed by atoms with Crippen molar-refractivity contribution in [2.75, 3.05) is 4.90 Å². The minimum atomic E-state index is -0.190. The lowest BCUT2D eigenvalue weighted by Crippen LogP contribution is -2.30. The van der Waals surface area contributed by atoms with Crippen molar-refractivity contribution in [1.82, 2.24) is 20.2 Å². The van der Waals surface area contributed by atoms with Crippen LogP contribution in [0.15, 0.2) is 37.3 Å². The Kier molecular flexibility index (Phi) is 4.95. The average molecular weight is 460 g/mol. The van der Waals surface area contributed by atoms with E-state index >= 15 is 0 Å². The number of carbonyl (C=O) groups is 1. The molecular formula is C19H17N5O3S3. The third-order valence-electron chi connectivity index (χ3n) is 4.76. The number of hydrogen-bond acceptors (Lipinski definition) is 9. The van der Waals surface area contributed by atoms with E-state index < -0.39 is 0 Å². The number of aromatic amines is 1. The first kappa shape index (κ1) is 19.5. The molecule has 0 unspecified atom stereocenters. The molecule has 5 rings (SSSR count). The second-order valence-electron chi connectivity index (χ2n) is 6.99. The molecule has 1 amide bonds. The molecule has 8 nitrogen and oxygen atoms in total. The van der Waals surface area contributed by atoms with E-state index in [1.54, 1.807) is 24.2 Å². The molecule has 1 N–H and O–H groups in total. The zero-order valence-electron chi connectivity index (χ0n) is 16.1. The van der Waals surface area contributed by atoms with Gasteiger partial charge in [-0.25, -0.2) is 4.98 Å². The molecule has 0 spiro atoms. The van der Waals surface area contributed by atoms with Gasteiger partial charge in [0, 0.05) is 23.9 Å². The molecule has 30 heavy (non-hydrogen) atoms. The van der Waals surface area contributed by atoms with E-state index in [4.69, 9.17) is 4.42 Å². The zero-order valence-corrected chi connectivity index (χ0v) is 18.6. The number of H-pyrrole nitrogens is 1. The number of thiophene rings is 1. The van der Waals surface area contributed by atoms with Gasteiger partial charge < -0.3 is 9.40 Å². The summed E-state index contributed by atoms with van der Waals surface area (Å²) in [5, 5.41) is 11.3. The average Bonchev–Trinajstić information content (AvgIpc) is 3.12. The lowest BCUT2D eigenvalue weighted by Gasteiger charge is -2.15. The predicted octanol–water partition coefficient (Wildman–Crippen LogP) is 4.46. The van der Waals surface area contributed by atoms with Crippen LogP contribution in [0.5, 0.6) is 0 Å². The standard InChI is InChI=1S/C19H17N5O3S3/c1-9(29-19-23-22-18(30-19)24(10(2)25)11-5-6-11)15-20-16(26)14-12(8-28-17(14)21-15)13-4-3-7-27-13/h3-4,7-9,11H,5-6H2,1-2H3,(H,20,21,26)/t9-/m1/s1. The number of nitrogens with zero attached hydrogens (tertiary/aromatic N) is 4. The summed E-state index contributed by atoms with van der Waals surface area (Å²) in [6.45, 7) is 3.51. The Bertz CT molecular complexity index is 1270. The van der Waals surface area contributed by atoms with E-state index in [2.05, 4.69) is 20.2 Å². The second kappa shape index (κ2) is 7.64. The van der Waals surface area contributed by atoms with Crippen molar-refractivity contribution < 1.29 is 9.21 Å². The van der Waals surface area contributed by atoms with Gasteiger partial charge in [-0.1, -0.05) is 23.1 Å². The van der Waals surface area contributed by atoms with Crippen molar-refractivity contribution in [3.05, 3.63) is 40.0 Å². The summed E-state index contributed by atoms with van der Waals surface area (Å²) in [5.74, 6) is 1.21. The highest BCUT2D eigenvalue weighted by Crippen LogP contribution is 2.40. The maximum absolute atomic E-state index is 12.8. The number of furan rings is 1. The van der Waals surface area contributed by atoms with E-state index in [1.807, 2.05) is 18.4 Å². The SMILES string of the molecule is CC(=O)N(c1nnc(S[C@H](C)c2nc3scc(-c4ccco4)c3c(=O)[nH]2)s1)C1CC1. The normalized spacial score (nSPS) is 14.9. The molecule has 0 aliphatic heterocycles. The van der Waals surface area contributed by atoms with Crippen LogP contribution in [0.1, 0.15) is 37.8 Å². The fourth-order valence-electron chi connectivity index (χ4n) is 3.21. The number of anilines is 1. The number of hydrogen-bond donors (Lipinski definition) is 1. The summed E-state index contributed by atoms with van der Waals surface area (Å²) in [6, 6.07) is 3.86. The van der Waals surface area contributed by atoms with Crippen LogP contribution in [0.3, 0.4) is 0 Å². The highest BCUT2D eigenvalue weighted by Gasteiger charge is 2.34. The quantitative estimate of drug-likeness (QED) is 0.335. The molecule has 154 valence electrons. The van der Waals surface area contributed by atoms with Crippen LogP contribution < -0.4 is 10.5 Å². The van der Waals surface area contributed by atoms with Gasteiger partial charge in [-0.3, -0.25) is 14.5 Å². The van der Waals surface area contributed by atoms with Crippen molar-refractivity contribution in [3.63, 3.8) is 0 Å². The first-order valence-electron chi connectivity index (χ1n) is 9.36. The first-order valence-corrected chi connectivity index (χ1v) is 11.9. The van der Waals surface area contributed by atoms with Gasteiger partial charge in [-0.15, -0.1) is 21.5 Å². The molecule has 1 fully saturated rings. The minimum Gasteiger partial charge on any atom is -0.464 e. The summed E-state index contributed by atoms with van der Waals surface area (Å²) in [6.07, 6.45) is 3.59.